The lowest BCUT2D eigenvalue weighted by atomic mass is 10.1. The van der Waals surface area contributed by atoms with Crippen LogP contribution in [0.5, 0.6) is 0 Å². The molecule has 5 heteroatoms. The molecule has 3 aromatic rings. The van der Waals surface area contributed by atoms with E-state index >= 15 is 0 Å². The Kier molecular flexibility index (Phi) is 1.94. The number of aromatic nitrogens is 3. The summed E-state index contributed by atoms with van der Waals surface area (Å²) in [7, 11) is 0. The van der Waals surface area contributed by atoms with E-state index in [4.69, 9.17) is 5.73 Å². The van der Waals surface area contributed by atoms with Crippen molar-refractivity contribution in [2.75, 3.05) is 5.73 Å². The number of anilines is 1. The minimum absolute atomic E-state index is 0.498. The van der Waals surface area contributed by atoms with Gasteiger partial charge in [-0.25, -0.2) is 0 Å². The summed E-state index contributed by atoms with van der Waals surface area (Å²) < 4.78 is 8.27. The van der Waals surface area contributed by atoms with Crippen LogP contribution in [0.4, 0.5) is 5.82 Å². The fraction of sp³-hybridized carbons (Fsp3) is 0.0909. The van der Waals surface area contributed by atoms with Crippen molar-refractivity contribution >= 4 is 28.4 Å². The molecule has 0 aliphatic carbocycles. The molecule has 0 saturated heterocycles. The Balaban J connectivity index is 2.39. The number of aryl methyl sites for hydroxylation is 1. The first kappa shape index (κ1) is 9.35. The SMILES string of the molecule is Cc1[nH]c2ccccc2c1-c1nsnc1N. The van der Waals surface area contributed by atoms with E-state index in [2.05, 4.69) is 19.8 Å². The van der Waals surface area contributed by atoms with Crippen LogP contribution < -0.4 is 5.73 Å². The van der Waals surface area contributed by atoms with E-state index in [1.165, 1.54) is 0 Å². The van der Waals surface area contributed by atoms with Gasteiger partial charge in [0.25, 0.3) is 0 Å². The van der Waals surface area contributed by atoms with Gasteiger partial charge in [0.05, 0.1) is 11.7 Å². The third-order valence-corrected chi connectivity index (χ3v) is 3.19. The molecule has 3 N–H and O–H groups in total. The van der Waals surface area contributed by atoms with Crippen LogP contribution in [0.15, 0.2) is 24.3 Å². The van der Waals surface area contributed by atoms with Gasteiger partial charge in [-0.15, -0.1) is 0 Å². The van der Waals surface area contributed by atoms with E-state index in [0.717, 1.165) is 39.6 Å². The lowest BCUT2D eigenvalue weighted by molar-refractivity contribution is 1.29. The first-order chi connectivity index (χ1) is 7.77. The normalized spacial score (nSPS) is 11.1. The molecule has 0 saturated carbocycles. The lowest BCUT2D eigenvalue weighted by Gasteiger charge is -1.97. The number of hydrogen-bond donors (Lipinski definition) is 2. The van der Waals surface area contributed by atoms with Crippen molar-refractivity contribution in [3.05, 3.63) is 30.0 Å². The second kappa shape index (κ2) is 3.31. The molecule has 3 rings (SSSR count). The van der Waals surface area contributed by atoms with Crippen molar-refractivity contribution in [3.63, 3.8) is 0 Å². The molecule has 0 aliphatic heterocycles. The number of nitrogens with zero attached hydrogens (tertiary/aromatic N) is 2. The number of nitrogens with two attached hydrogens (primary N) is 1. The highest BCUT2D eigenvalue weighted by molar-refractivity contribution is 6.99. The Morgan fingerprint density at radius 2 is 2.06 bits per heavy atom. The van der Waals surface area contributed by atoms with Crippen LogP contribution in [0.25, 0.3) is 22.2 Å². The van der Waals surface area contributed by atoms with Crippen LogP contribution in [-0.2, 0) is 0 Å². The van der Waals surface area contributed by atoms with Gasteiger partial charge in [0.15, 0.2) is 5.82 Å². The second-order valence-electron chi connectivity index (χ2n) is 3.67. The average molecular weight is 230 g/mol. The molecule has 0 unspecified atom stereocenters. The van der Waals surface area contributed by atoms with Gasteiger partial charge in [0.2, 0.25) is 0 Å². The zero-order chi connectivity index (χ0) is 11.1. The zero-order valence-corrected chi connectivity index (χ0v) is 9.51. The molecule has 0 fully saturated rings. The minimum Gasteiger partial charge on any atom is -0.381 e. The first-order valence-corrected chi connectivity index (χ1v) is 5.66. The molecule has 2 aromatic heterocycles. The number of benzene rings is 1. The third-order valence-electron chi connectivity index (χ3n) is 2.64. The summed E-state index contributed by atoms with van der Waals surface area (Å²) in [6, 6.07) is 8.12. The maximum absolute atomic E-state index is 5.81. The predicted molar refractivity (Wildman–Crippen MR) is 66.4 cm³/mol. The fourth-order valence-corrected chi connectivity index (χ4v) is 2.43. The molecule has 16 heavy (non-hydrogen) atoms. The smallest absolute Gasteiger partial charge is 0.165 e. The summed E-state index contributed by atoms with van der Waals surface area (Å²) in [5.74, 6) is 0.498. The third kappa shape index (κ3) is 1.22. The molecule has 1 aromatic carbocycles. The van der Waals surface area contributed by atoms with Gasteiger partial charge in [-0.2, -0.15) is 8.75 Å². The van der Waals surface area contributed by atoms with Crippen molar-refractivity contribution in [3.8, 4) is 11.3 Å². The lowest BCUT2D eigenvalue weighted by Crippen LogP contribution is -1.89. The first-order valence-electron chi connectivity index (χ1n) is 4.93. The average Bonchev–Trinajstić information content (AvgIpc) is 2.81. The van der Waals surface area contributed by atoms with Crippen LogP contribution >= 0.6 is 11.7 Å². The van der Waals surface area contributed by atoms with E-state index in [-0.39, 0.29) is 0 Å². The summed E-state index contributed by atoms with van der Waals surface area (Å²) >= 11 is 1.14. The number of nitrogens with one attached hydrogen (secondary N) is 1. The summed E-state index contributed by atoms with van der Waals surface area (Å²) in [6.07, 6.45) is 0. The molecule has 80 valence electrons. The molecule has 4 nitrogen and oxygen atoms in total. The maximum atomic E-state index is 5.81. The van der Waals surface area contributed by atoms with Gasteiger partial charge in [0, 0.05) is 22.2 Å². The summed E-state index contributed by atoms with van der Waals surface area (Å²) in [6.45, 7) is 2.02. The highest BCUT2D eigenvalue weighted by Gasteiger charge is 2.15. The topological polar surface area (TPSA) is 67.6 Å². The van der Waals surface area contributed by atoms with Crippen molar-refractivity contribution in [1.82, 2.24) is 13.7 Å². The van der Waals surface area contributed by atoms with Gasteiger partial charge in [-0.05, 0) is 13.0 Å². The Hall–Kier alpha value is -1.88. The molecular weight excluding hydrogens is 220 g/mol. The molecule has 0 spiro atoms. The number of H-pyrrole nitrogens is 1. The Morgan fingerprint density at radius 1 is 1.25 bits per heavy atom. The molecular formula is C11H10N4S. The van der Waals surface area contributed by atoms with Gasteiger partial charge < -0.3 is 10.7 Å². The Labute approximate surface area is 96.4 Å². The standard InChI is InChI=1S/C11H10N4S/c1-6-9(10-11(12)15-16-14-10)7-4-2-3-5-8(7)13-6/h2-5,13H,1H3,(H2,12,15). The number of rotatable bonds is 1. The largest absolute Gasteiger partial charge is 0.381 e. The molecule has 0 atom stereocenters. The Morgan fingerprint density at radius 3 is 2.81 bits per heavy atom. The highest BCUT2D eigenvalue weighted by atomic mass is 32.1. The fourth-order valence-electron chi connectivity index (χ4n) is 1.95. The zero-order valence-electron chi connectivity index (χ0n) is 8.69. The van der Waals surface area contributed by atoms with Crippen molar-refractivity contribution in [2.45, 2.75) is 6.92 Å². The van der Waals surface area contributed by atoms with E-state index in [0.29, 0.717) is 5.82 Å². The van der Waals surface area contributed by atoms with Crippen LogP contribution in [-0.4, -0.2) is 13.7 Å². The quantitative estimate of drug-likeness (QED) is 0.675. The number of fused-ring (bicyclic) bond motifs is 1. The van der Waals surface area contributed by atoms with Crippen molar-refractivity contribution in [2.24, 2.45) is 0 Å². The summed E-state index contributed by atoms with van der Waals surface area (Å²) in [5.41, 5.74) is 9.82. The Bertz CT molecular complexity index is 653. The number of aromatic amines is 1. The van der Waals surface area contributed by atoms with E-state index in [9.17, 15) is 0 Å². The predicted octanol–water partition coefficient (Wildman–Crippen LogP) is 2.58. The molecule has 0 bridgehead atoms. The number of nitrogen functional groups attached to an aromatic ring is 1. The molecule has 0 aliphatic rings. The van der Waals surface area contributed by atoms with E-state index in [1.54, 1.807) is 0 Å². The van der Waals surface area contributed by atoms with Crippen LogP contribution in [0.3, 0.4) is 0 Å². The van der Waals surface area contributed by atoms with Crippen molar-refractivity contribution in [1.29, 1.82) is 0 Å². The maximum Gasteiger partial charge on any atom is 0.165 e. The van der Waals surface area contributed by atoms with Crippen LogP contribution in [0.2, 0.25) is 0 Å². The van der Waals surface area contributed by atoms with Crippen LogP contribution in [0, 0.1) is 6.92 Å². The van der Waals surface area contributed by atoms with E-state index in [1.807, 2.05) is 25.1 Å². The molecule has 0 radical (unpaired) electrons. The van der Waals surface area contributed by atoms with Crippen molar-refractivity contribution < 1.29 is 0 Å². The van der Waals surface area contributed by atoms with E-state index < -0.39 is 0 Å². The summed E-state index contributed by atoms with van der Waals surface area (Å²) in [4.78, 5) is 3.32. The van der Waals surface area contributed by atoms with Gasteiger partial charge in [0.1, 0.15) is 5.69 Å². The van der Waals surface area contributed by atoms with Gasteiger partial charge in [-0.1, -0.05) is 18.2 Å². The monoisotopic (exact) mass is 230 g/mol. The molecule has 2 heterocycles. The van der Waals surface area contributed by atoms with Gasteiger partial charge >= 0.3 is 0 Å². The molecule has 0 amide bonds. The minimum atomic E-state index is 0.498. The number of hydrogen-bond acceptors (Lipinski definition) is 4. The summed E-state index contributed by atoms with van der Waals surface area (Å²) in [5, 5.41) is 1.14. The van der Waals surface area contributed by atoms with Crippen LogP contribution in [0.1, 0.15) is 5.69 Å². The van der Waals surface area contributed by atoms with Gasteiger partial charge in [-0.3, -0.25) is 0 Å². The highest BCUT2D eigenvalue weighted by Crippen LogP contribution is 2.33. The second-order valence-corrected chi connectivity index (χ2v) is 4.20. The number of para-hydroxylation sites is 1.